The molecule has 0 radical (unpaired) electrons. The van der Waals surface area contributed by atoms with Gasteiger partial charge in [0.15, 0.2) is 11.5 Å². The molecule has 1 amide bonds. The summed E-state index contributed by atoms with van der Waals surface area (Å²) >= 11 is 0. The highest BCUT2D eigenvalue weighted by atomic mass is 19.1. The molecule has 8 heteroatoms. The van der Waals surface area contributed by atoms with Crippen LogP contribution >= 0.6 is 0 Å². The average molecular weight is 418 g/mol. The molecular formula is C23H23FN6O. The van der Waals surface area contributed by atoms with Gasteiger partial charge in [-0.1, -0.05) is 42.5 Å². The summed E-state index contributed by atoms with van der Waals surface area (Å²) in [5.41, 5.74) is 1.96. The van der Waals surface area contributed by atoms with Crippen LogP contribution in [0, 0.1) is 5.82 Å². The van der Waals surface area contributed by atoms with E-state index in [1.165, 1.54) is 17.7 Å². The Labute approximate surface area is 179 Å². The normalized spacial score (nSPS) is 10.9. The van der Waals surface area contributed by atoms with Crippen LogP contribution in [-0.4, -0.2) is 38.8 Å². The lowest BCUT2D eigenvalue weighted by atomic mass is 10.1. The molecule has 2 heterocycles. The van der Waals surface area contributed by atoms with Crippen molar-refractivity contribution in [1.82, 2.24) is 25.1 Å². The van der Waals surface area contributed by atoms with Gasteiger partial charge in [0.1, 0.15) is 11.6 Å². The third-order valence-corrected chi connectivity index (χ3v) is 4.87. The Balaban J connectivity index is 1.31. The van der Waals surface area contributed by atoms with Crippen LogP contribution in [0.2, 0.25) is 0 Å². The van der Waals surface area contributed by atoms with Crippen molar-refractivity contribution in [3.63, 3.8) is 0 Å². The van der Waals surface area contributed by atoms with E-state index in [2.05, 4.69) is 38.1 Å². The van der Waals surface area contributed by atoms with Crippen LogP contribution in [0.1, 0.15) is 28.2 Å². The van der Waals surface area contributed by atoms with Gasteiger partial charge >= 0.3 is 0 Å². The van der Waals surface area contributed by atoms with Gasteiger partial charge in [-0.15, -0.1) is 15.3 Å². The van der Waals surface area contributed by atoms with E-state index in [-0.39, 0.29) is 5.56 Å². The first-order valence-electron chi connectivity index (χ1n) is 10.2. The van der Waals surface area contributed by atoms with E-state index in [1.807, 2.05) is 30.3 Å². The zero-order valence-electron chi connectivity index (χ0n) is 17.0. The fourth-order valence-corrected chi connectivity index (χ4v) is 3.27. The number of carbonyl (C=O) groups is 1. The molecule has 4 aromatic rings. The maximum Gasteiger partial charge on any atom is 0.254 e. The van der Waals surface area contributed by atoms with Gasteiger partial charge in [0.25, 0.3) is 5.91 Å². The monoisotopic (exact) mass is 418 g/mol. The van der Waals surface area contributed by atoms with E-state index < -0.39 is 11.7 Å². The van der Waals surface area contributed by atoms with Crippen molar-refractivity contribution >= 4 is 17.4 Å². The molecule has 0 bridgehead atoms. The Morgan fingerprint density at radius 3 is 2.55 bits per heavy atom. The van der Waals surface area contributed by atoms with Crippen LogP contribution < -0.4 is 10.6 Å². The number of hydrogen-bond donors (Lipinski definition) is 2. The van der Waals surface area contributed by atoms with Crippen molar-refractivity contribution in [1.29, 1.82) is 0 Å². The quantitative estimate of drug-likeness (QED) is 0.408. The van der Waals surface area contributed by atoms with Crippen LogP contribution in [0.3, 0.4) is 0 Å². The van der Waals surface area contributed by atoms with Crippen molar-refractivity contribution in [2.45, 2.75) is 19.3 Å². The van der Waals surface area contributed by atoms with Crippen molar-refractivity contribution < 1.29 is 9.18 Å². The number of fused-ring (bicyclic) bond motifs is 1. The minimum Gasteiger partial charge on any atom is -0.369 e. The predicted octanol–water partition coefficient (Wildman–Crippen LogP) is 3.28. The van der Waals surface area contributed by atoms with Gasteiger partial charge < -0.3 is 10.6 Å². The predicted molar refractivity (Wildman–Crippen MR) is 116 cm³/mol. The topological polar surface area (TPSA) is 84.2 Å². The van der Waals surface area contributed by atoms with Crippen LogP contribution in [-0.2, 0) is 12.8 Å². The highest BCUT2D eigenvalue weighted by Gasteiger charge is 2.12. The first-order valence-corrected chi connectivity index (χ1v) is 10.2. The molecular weight excluding hydrogens is 395 g/mol. The first-order chi connectivity index (χ1) is 15.2. The molecule has 31 heavy (non-hydrogen) atoms. The smallest absolute Gasteiger partial charge is 0.254 e. The van der Waals surface area contributed by atoms with Crippen LogP contribution in [0.4, 0.5) is 10.2 Å². The van der Waals surface area contributed by atoms with E-state index in [0.717, 1.165) is 25.2 Å². The van der Waals surface area contributed by atoms with E-state index in [0.29, 0.717) is 24.4 Å². The molecule has 4 rings (SSSR count). The van der Waals surface area contributed by atoms with E-state index in [9.17, 15) is 9.18 Å². The second-order valence-electron chi connectivity index (χ2n) is 7.11. The van der Waals surface area contributed by atoms with Crippen molar-refractivity contribution in [3.8, 4) is 0 Å². The molecule has 0 aliphatic rings. The average Bonchev–Trinajstić information content (AvgIpc) is 3.20. The summed E-state index contributed by atoms with van der Waals surface area (Å²) in [7, 11) is 0. The SMILES string of the molecule is O=C(NCCc1nnc2ccc(NCCCc3ccccc3)nn12)c1ccccc1F. The molecule has 2 aromatic carbocycles. The van der Waals surface area contributed by atoms with Crippen LogP contribution in [0.25, 0.3) is 5.65 Å². The Bertz CT molecular complexity index is 1160. The fourth-order valence-electron chi connectivity index (χ4n) is 3.27. The van der Waals surface area contributed by atoms with Crippen molar-refractivity contribution in [2.24, 2.45) is 0 Å². The molecule has 2 aromatic heterocycles. The van der Waals surface area contributed by atoms with Gasteiger partial charge in [-0.2, -0.15) is 4.52 Å². The highest BCUT2D eigenvalue weighted by Crippen LogP contribution is 2.09. The number of nitrogens with zero attached hydrogens (tertiary/aromatic N) is 4. The van der Waals surface area contributed by atoms with Crippen LogP contribution in [0.15, 0.2) is 66.7 Å². The lowest BCUT2D eigenvalue weighted by Crippen LogP contribution is -2.27. The molecule has 7 nitrogen and oxygen atoms in total. The number of hydrogen-bond acceptors (Lipinski definition) is 5. The zero-order valence-corrected chi connectivity index (χ0v) is 17.0. The Morgan fingerprint density at radius 1 is 0.903 bits per heavy atom. The van der Waals surface area contributed by atoms with Crippen molar-refractivity contribution in [2.75, 3.05) is 18.4 Å². The largest absolute Gasteiger partial charge is 0.369 e. The number of benzene rings is 2. The number of aryl methyl sites for hydroxylation is 1. The Kier molecular flexibility index (Phi) is 6.47. The minimum absolute atomic E-state index is 0.0220. The number of halogens is 1. The molecule has 158 valence electrons. The summed E-state index contributed by atoms with van der Waals surface area (Å²) in [5, 5.41) is 18.9. The summed E-state index contributed by atoms with van der Waals surface area (Å²) in [4.78, 5) is 12.1. The second-order valence-corrected chi connectivity index (χ2v) is 7.11. The maximum atomic E-state index is 13.7. The number of aromatic nitrogens is 4. The number of amides is 1. The first kappa shape index (κ1) is 20.5. The lowest BCUT2D eigenvalue weighted by Gasteiger charge is -2.07. The molecule has 0 aliphatic carbocycles. The van der Waals surface area contributed by atoms with Gasteiger partial charge in [-0.3, -0.25) is 4.79 Å². The fraction of sp³-hybridized carbons (Fsp3) is 0.217. The number of rotatable bonds is 9. The Morgan fingerprint density at radius 2 is 1.71 bits per heavy atom. The maximum absolute atomic E-state index is 13.7. The van der Waals surface area contributed by atoms with E-state index in [1.54, 1.807) is 16.6 Å². The van der Waals surface area contributed by atoms with Crippen molar-refractivity contribution in [3.05, 3.63) is 89.5 Å². The molecule has 0 unspecified atom stereocenters. The third-order valence-electron chi connectivity index (χ3n) is 4.87. The zero-order chi connectivity index (χ0) is 21.5. The van der Waals surface area contributed by atoms with Gasteiger partial charge in [0.05, 0.1) is 5.56 Å². The van der Waals surface area contributed by atoms with Gasteiger partial charge in [-0.05, 0) is 42.7 Å². The lowest BCUT2D eigenvalue weighted by molar-refractivity contribution is 0.0950. The standard InChI is InChI=1S/C23H23FN6O/c24-19-11-5-4-10-18(19)23(31)26-16-14-22-28-27-21-13-12-20(29-30(21)22)25-15-6-9-17-7-2-1-3-8-17/h1-5,7-8,10-13H,6,9,14-16H2,(H,25,29)(H,26,31). The summed E-state index contributed by atoms with van der Waals surface area (Å²) in [6, 6.07) is 20.0. The molecule has 2 N–H and O–H groups in total. The summed E-state index contributed by atoms with van der Waals surface area (Å²) in [6.07, 6.45) is 2.41. The third kappa shape index (κ3) is 5.22. The van der Waals surface area contributed by atoms with Crippen LogP contribution in [0.5, 0.6) is 0 Å². The highest BCUT2D eigenvalue weighted by molar-refractivity contribution is 5.94. The summed E-state index contributed by atoms with van der Waals surface area (Å²) < 4.78 is 15.4. The molecule has 0 fully saturated rings. The molecule has 0 saturated heterocycles. The summed E-state index contributed by atoms with van der Waals surface area (Å²) in [5.74, 6) is 0.354. The number of nitrogens with one attached hydrogen (secondary N) is 2. The van der Waals surface area contributed by atoms with Gasteiger partial charge in [-0.25, -0.2) is 4.39 Å². The second kappa shape index (κ2) is 9.80. The summed E-state index contributed by atoms with van der Waals surface area (Å²) in [6.45, 7) is 1.09. The van der Waals surface area contributed by atoms with E-state index >= 15 is 0 Å². The van der Waals surface area contributed by atoms with E-state index in [4.69, 9.17) is 0 Å². The minimum atomic E-state index is -0.544. The Hall–Kier alpha value is -3.81. The van der Waals surface area contributed by atoms with Gasteiger partial charge in [0.2, 0.25) is 0 Å². The molecule has 0 spiro atoms. The van der Waals surface area contributed by atoms with Gasteiger partial charge in [0, 0.05) is 19.5 Å². The number of anilines is 1. The number of carbonyl (C=O) groups excluding carboxylic acids is 1. The molecule has 0 atom stereocenters. The molecule has 0 saturated carbocycles. The molecule has 0 aliphatic heterocycles.